The fraction of sp³-hybridized carbons (Fsp3) is 0.227. The van der Waals surface area contributed by atoms with Gasteiger partial charge in [-0.1, -0.05) is 32.9 Å². The van der Waals surface area contributed by atoms with E-state index >= 15 is 0 Å². The predicted octanol–water partition coefficient (Wildman–Crippen LogP) is 4.25. The molecule has 1 amide bonds. The molecule has 0 bridgehead atoms. The van der Waals surface area contributed by atoms with Crippen LogP contribution in [0.25, 0.3) is 0 Å². The molecule has 9 nitrogen and oxygen atoms in total. The third-order valence-electron chi connectivity index (χ3n) is 4.54. The highest BCUT2D eigenvalue weighted by atomic mass is 16.6. The summed E-state index contributed by atoms with van der Waals surface area (Å²) in [6.07, 6.45) is 1.60. The number of non-ortho nitro benzene ring substituents is 1. The van der Waals surface area contributed by atoms with E-state index in [4.69, 9.17) is 4.74 Å². The van der Waals surface area contributed by atoms with E-state index in [1.807, 2.05) is 30.3 Å². The lowest BCUT2D eigenvalue weighted by atomic mass is 9.87. The van der Waals surface area contributed by atoms with Gasteiger partial charge in [0.2, 0.25) is 0 Å². The molecular weight excluding hydrogens is 398 g/mol. The van der Waals surface area contributed by atoms with Crippen LogP contribution >= 0.6 is 0 Å². The number of aromatic nitrogens is 2. The van der Waals surface area contributed by atoms with Gasteiger partial charge in [0.25, 0.3) is 11.6 Å². The molecule has 0 aliphatic carbocycles. The van der Waals surface area contributed by atoms with Crippen molar-refractivity contribution in [2.45, 2.75) is 32.9 Å². The van der Waals surface area contributed by atoms with Gasteiger partial charge in [-0.3, -0.25) is 14.9 Å². The Labute approximate surface area is 179 Å². The monoisotopic (exact) mass is 419 g/mol. The van der Waals surface area contributed by atoms with Gasteiger partial charge >= 0.3 is 0 Å². The van der Waals surface area contributed by atoms with Crippen molar-refractivity contribution in [3.05, 3.63) is 81.7 Å². The number of benzene rings is 2. The quantitative estimate of drug-likeness (QED) is 0.471. The molecule has 0 atom stereocenters. The Morgan fingerprint density at radius 3 is 2.55 bits per heavy atom. The molecule has 3 rings (SSSR count). The Kier molecular flexibility index (Phi) is 6.02. The minimum absolute atomic E-state index is 0.0102. The SMILES string of the molecule is CC(C)(C)c1ccc(OCn2ccc(C(=O)Nc3ccc([N+](=O)[O-])cc3C#N)n2)cc1. The highest BCUT2D eigenvalue weighted by Gasteiger charge is 2.16. The third-order valence-corrected chi connectivity index (χ3v) is 4.54. The van der Waals surface area contributed by atoms with E-state index < -0.39 is 10.8 Å². The number of nitro benzene ring substituents is 1. The third kappa shape index (κ3) is 5.25. The van der Waals surface area contributed by atoms with Crippen molar-refractivity contribution < 1.29 is 14.5 Å². The number of nitro groups is 1. The van der Waals surface area contributed by atoms with Crippen molar-refractivity contribution in [1.82, 2.24) is 9.78 Å². The lowest BCUT2D eigenvalue weighted by Crippen LogP contribution is -2.15. The molecule has 9 heteroatoms. The first kappa shape index (κ1) is 21.5. The first-order valence-electron chi connectivity index (χ1n) is 9.44. The maximum Gasteiger partial charge on any atom is 0.276 e. The molecule has 0 saturated heterocycles. The fourth-order valence-corrected chi connectivity index (χ4v) is 2.78. The summed E-state index contributed by atoms with van der Waals surface area (Å²) < 4.78 is 7.17. The lowest BCUT2D eigenvalue weighted by molar-refractivity contribution is -0.384. The maximum atomic E-state index is 12.4. The molecule has 0 saturated carbocycles. The number of rotatable bonds is 6. The normalized spacial score (nSPS) is 10.9. The highest BCUT2D eigenvalue weighted by Crippen LogP contribution is 2.24. The maximum absolute atomic E-state index is 12.4. The van der Waals surface area contributed by atoms with E-state index in [9.17, 15) is 20.2 Å². The molecule has 1 aromatic heterocycles. The topological polar surface area (TPSA) is 123 Å². The predicted molar refractivity (Wildman–Crippen MR) is 114 cm³/mol. The summed E-state index contributed by atoms with van der Waals surface area (Å²) in [6.45, 7) is 6.52. The Bertz CT molecular complexity index is 1150. The van der Waals surface area contributed by atoms with Crippen LogP contribution in [0.1, 0.15) is 42.4 Å². The molecule has 0 spiro atoms. The number of hydrogen-bond acceptors (Lipinski definition) is 6. The Morgan fingerprint density at radius 2 is 1.94 bits per heavy atom. The van der Waals surface area contributed by atoms with Crippen LogP contribution < -0.4 is 10.1 Å². The van der Waals surface area contributed by atoms with E-state index in [-0.39, 0.29) is 34.8 Å². The number of carbonyl (C=O) groups is 1. The minimum atomic E-state index is -0.606. The summed E-state index contributed by atoms with van der Waals surface area (Å²) in [7, 11) is 0. The Hall–Kier alpha value is -4.19. The van der Waals surface area contributed by atoms with Crippen LogP contribution in [0.4, 0.5) is 11.4 Å². The van der Waals surface area contributed by atoms with E-state index in [0.717, 1.165) is 6.07 Å². The van der Waals surface area contributed by atoms with Crippen molar-refractivity contribution in [3.63, 3.8) is 0 Å². The van der Waals surface area contributed by atoms with Crippen molar-refractivity contribution in [2.24, 2.45) is 0 Å². The summed E-state index contributed by atoms with van der Waals surface area (Å²) in [4.78, 5) is 22.7. The van der Waals surface area contributed by atoms with Gasteiger partial charge in [0.15, 0.2) is 12.4 Å². The average molecular weight is 419 g/mol. The summed E-state index contributed by atoms with van der Waals surface area (Å²) in [5.41, 5.74) is 1.30. The fourth-order valence-electron chi connectivity index (χ4n) is 2.78. The van der Waals surface area contributed by atoms with Gasteiger partial charge in [-0.2, -0.15) is 10.4 Å². The summed E-state index contributed by atoms with van der Waals surface area (Å²) in [5.74, 6) is 0.137. The first-order valence-corrected chi connectivity index (χ1v) is 9.44. The lowest BCUT2D eigenvalue weighted by Gasteiger charge is -2.19. The molecule has 158 valence electrons. The van der Waals surface area contributed by atoms with Crippen molar-refractivity contribution in [1.29, 1.82) is 5.26 Å². The van der Waals surface area contributed by atoms with Gasteiger partial charge in [-0.25, -0.2) is 4.68 Å². The van der Waals surface area contributed by atoms with Crippen LogP contribution in [0.3, 0.4) is 0 Å². The van der Waals surface area contributed by atoms with Crippen molar-refractivity contribution >= 4 is 17.3 Å². The van der Waals surface area contributed by atoms with Gasteiger partial charge in [-0.15, -0.1) is 0 Å². The zero-order valence-corrected chi connectivity index (χ0v) is 17.3. The zero-order valence-electron chi connectivity index (χ0n) is 17.3. The zero-order chi connectivity index (χ0) is 22.6. The Balaban J connectivity index is 1.64. The molecule has 0 aliphatic heterocycles. The summed E-state index contributed by atoms with van der Waals surface area (Å²) >= 11 is 0. The first-order chi connectivity index (χ1) is 14.7. The number of anilines is 1. The van der Waals surface area contributed by atoms with Crippen LogP contribution in [0.2, 0.25) is 0 Å². The van der Waals surface area contributed by atoms with Crippen LogP contribution in [0, 0.1) is 21.4 Å². The van der Waals surface area contributed by atoms with E-state index in [1.165, 1.54) is 28.4 Å². The molecule has 3 aromatic rings. The van der Waals surface area contributed by atoms with E-state index in [1.54, 1.807) is 6.20 Å². The van der Waals surface area contributed by atoms with Crippen LogP contribution in [0.15, 0.2) is 54.7 Å². The molecule has 0 unspecified atom stereocenters. The van der Waals surface area contributed by atoms with E-state index in [0.29, 0.717) is 5.75 Å². The molecule has 0 fully saturated rings. The summed E-state index contributed by atoms with van der Waals surface area (Å²) in [6, 6.07) is 14.8. The highest BCUT2D eigenvalue weighted by molar-refractivity contribution is 6.03. The molecule has 31 heavy (non-hydrogen) atoms. The largest absolute Gasteiger partial charge is 0.471 e. The second-order valence-electron chi connectivity index (χ2n) is 7.84. The molecular formula is C22H21N5O4. The van der Waals surface area contributed by atoms with Gasteiger partial charge < -0.3 is 10.1 Å². The second kappa shape index (κ2) is 8.67. The van der Waals surface area contributed by atoms with Gasteiger partial charge in [0.1, 0.15) is 11.8 Å². The molecule has 1 N–H and O–H groups in total. The minimum Gasteiger partial charge on any atom is -0.471 e. The van der Waals surface area contributed by atoms with Gasteiger partial charge in [0, 0.05) is 18.3 Å². The van der Waals surface area contributed by atoms with Crippen molar-refractivity contribution in [2.75, 3.05) is 5.32 Å². The summed E-state index contributed by atoms with van der Waals surface area (Å²) in [5, 5.41) is 26.7. The van der Waals surface area contributed by atoms with E-state index in [2.05, 4.69) is 31.2 Å². The van der Waals surface area contributed by atoms with Crippen LogP contribution in [-0.2, 0) is 12.1 Å². The Morgan fingerprint density at radius 1 is 1.23 bits per heavy atom. The van der Waals surface area contributed by atoms with Crippen LogP contribution in [-0.4, -0.2) is 20.6 Å². The van der Waals surface area contributed by atoms with Crippen molar-refractivity contribution in [3.8, 4) is 11.8 Å². The number of amides is 1. The number of hydrogen-bond donors (Lipinski definition) is 1. The number of ether oxygens (including phenoxy) is 1. The van der Waals surface area contributed by atoms with Gasteiger partial charge in [-0.05, 0) is 35.2 Å². The number of nitriles is 1. The molecule has 0 aliphatic rings. The number of carbonyl (C=O) groups excluding carboxylic acids is 1. The number of nitrogens with one attached hydrogen (secondary N) is 1. The number of nitrogens with zero attached hydrogens (tertiary/aromatic N) is 4. The van der Waals surface area contributed by atoms with Gasteiger partial charge in [0.05, 0.1) is 16.2 Å². The smallest absolute Gasteiger partial charge is 0.276 e. The molecule has 0 radical (unpaired) electrons. The van der Waals surface area contributed by atoms with Crippen LogP contribution in [0.5, 0.6) is 5.75 Å². The molecule has 2 aromatic carbocycles. The standard InChI is InChI=1S/C22H21N5O4/c1-22(2,3)16-4-7-18(8-5-16)31-14-26-11-10-20(25-26)21(28)24-19-9-6-17(27(29)30)12-15(19)13-23/h4-12H,14H2,1-3H3,(H,24,28). The average Bonchev–Trinajstić information content (AvgIpc) is 3.21. The molecule has 1 heterocycles. The second-order valence-corrected chi connectivity index (χ2v) is 7.84.